The van der Waals surface area contributed by atoms with E-state index >= 15 is 0 Å². The summed E-state index contributed by atoms with van der Waals surface area (Å²) in [4.78, 5) is 14.7. The second-order valence-electron chi connectivity index (χ2n) is 6.14. The molecule has 1 N–H and O–H groups in total. The lowest BCUT2D eigenvalue weighted by Crippen LogP contribution is -2.18. The number of carbonyl (C=O) groups is 1. The molecule has 0 atom stereocenters. The van der Waals surface area contributed by atoms with Gasteiger partial charge >= 0.3 is 0 Å². The Morgan fingerprint density at radius 1 is 1.04 bits per heavy atom. The molecule has 5 nitrogen and oxygen atoms in total. The quantitative estimate of drug-likeness (QED) is 0.875. The van der Waals surface area contributed by atoms with E-state index in [1.54, 1.807) is 20.3 Å². The zero-order valence-electron chi connectivity index (χ0n) is 14.7. The summed E-state index contributed by atoms with van der Waals surface area (Å²) in [7, 11) is 3.19. The minimum Gasteiger partial charge on any atom is -0.497 e. The molecule has 1 amide bonds. The molecular formula is C20H24N2O3. The average Bonchev–Trinajstić information content (AvgIpc) is 3.17. The lowest BCUT2D eigenvalue weighted by Gasteiger charge is -2.17. The number of amides is 1. The van der Waals surface area contributed by atoms with Crippen LogP contribution in [0.25, 0.3) is 0 Å². The van der Waals surface area contributed by atoms with Crippen molar-refractivity contribution in [2.45, 2.75) is 19.3 Å². The second kappa shape index (κ2) is 7.92. The molecule has 0 aromatic heterocycles. The highest BCUT2D eigenvalue weighted by molar-refractivity contribution is 5.92. The number of carbonyl (C=O) groups excluding carboxylic acids is 1. The molecule has 0 bridgehead atoms. The fourth-order valence-electron chi connectivity index (χ4n) is 3.11. The van der Waals surface area contributed by atoms with E-state index in [-0.39, 0.29) is 12.3 Å². The molecule has 25 heavy (non-hydrogen) atoms. The highest BCUT2D eigenvalue weighted by Crippen LogP contribution is 2.26. The van der Waals surface area contributed by atoms with Crippen molar-refractivity contribution in [2.24, 2.45) is 0 Å². The van der Waals surface area contributed by atoms with Gasteiger partial charge in [0, 0.05) is 36.1 Å². The first-order valence-electron chi connectivity index (χ1n) is 8.55. The Morgan fingerprint density at radius 3 is 2.40 bits per heavy atom. The van der Waals surface area contributed by atoms with E-state index in [1.807, 2.05) is 24.3 Å². The molecule has 1 heterocycles. The van der Waals surface area contributed by atoms with Crippen molar-refractivity contribution >= 4 is 17.3 Å². The molecule has 1 fully saturated rings. The first-order chi connectivity index (χ1) is 12.2. The van der Waals surface area contributed by atoms with Crippen LogP contribution in [-0.4, -0.2) is 33.2 Å². The summed E-state index contributed by atoms with van der Waals surface area (Å²) in [5.74, 6) is 1.29. The Kier molecular flexibility index (Phi) is 5.43. The Morgan fingerprint density at radius 2 is 1.76 bits per heavy atom. The van der Waals surface area contributed by atoms with Gasteiger partial charge in [0.2, 0.25) is 5.91 Å². The largest absolute Gasteiger partial charge is 0.497 e. The number of hydrogen-bond acceptors (Lipinski definition) is 4. The summed E-state index contributed by atoms with van der Waals surface area (Å²) in [6.45, 7) is 2.23. The highest BCUT2D eigenvalue weighted by atomic mass is 16.5. The summed E-state index contributed by atoms with van der Waals surface area (Å²) in [6, 6.07) is 13.5. The van der Waals surface area contributed by atoms with Crippen molar-refractivity contribution in [1.29, 1.82) is 0 Å². The van der Waals surface area contributed by atoms with Crippen molar-refractivity contribution in [1.82, 2.24) is 0 Å². The van der Waals surface area contributed by atoms with Crippen LogP contribution in [0.15, 0.2) is 42.5 Å². The normalized spacial score (nSPS) is 13.6. The topological polar surface area (TPSA) is 50.8 Å². The van der Waals surface area contributed by atoms with Crippen LogP contribution in [0.1, 0.15) is 18.4 Å². The van der Waals surface area contributed by atoms with E-state index in [4.69, 9.17) is 9.47 Å². The van der Waals surface area contributed by atoms with E-state index < -0.39 is 0 Å². The van der Waals surface area contributed by atoms with Gasteiger partial charge in [-0.15, -0.1) is 0 Å². The molecule has 0 saturated carbocycles. The molecule has 5 heteroatoms. The van der Waals surface area contributed by atoms with Crippen LogP contribution in [0.5, 0.6) is 11.5 Å². The Hall–Kier alpha value is -2.69. The third kappa shape index (κ3) is 4.24. The lowest BCUT2D eigenvalue weighted by molar-refractivity contribution is -0.115. The maximum Gasteiger partial charge on any atom is 0.228 e. The van der Waals surface area contributed by atoms with Crippen LogP contribution in [-0.2, 0) is 11.2 Å². The van der Waals surface area contributed by atoms with Gasteiger partial charge in [0.15, 0.2) is 0 Å². The molecule has 1 aliphatic heterocycles. The van der Waals surface area contributed by atoms with E-state index in [2.05, 4.69) is 22.3 Å². The summed E-state index contributed by atoms with van der Waals surface area (Å²) in [5.41, 5.74) is 2.85. The van der Waals surface area contributed by atoms with E-state index in [9.17, 15) is 4.79 Å². The van der Waals surface area contributed by atoms with E-state index in [1.165, 1.54) is 18.5 Å². The molecule has 2 aromatic rings. The van der Waals surface area contributed by atoms with Crippen LogP contribution in [0.2, 0.25) is 0 Å². The number of rotatable bonds is 6. The standard InChI is InChI=1S/C20H24N2O3/c1-24-18-10-5-15(19(14-18)25-2)13-20(23)21-16-6-8-17(9-7-16)22-11-3-4-12-22/h5-10,14H,3-4,11-13H2,1-2H3,(H,21,23). The third-order valence-electron chi connectivity index (χ3n) is 4.47. The number of anilines is 2. The molecule has 132 valence electrons. The molecule has 3 rings (SSSR count). The van der Waals surface area contributed by atoms with E-state index in [0.717, 1.165) is 24.3 Å². The van der Waals surface area contributed by atoms with Gasteiger partial charge in [-0.3, -0.25) is 4.79 Å². The van der Waals surface area contributed by atoms with Crippen molar-refractivity contribution < 1.29 is 14.3 Å². The summed E-state index contributed by atoms with van der Waals surface area (Å²) in [5, 5.41) is 2.94. The van der Waals surface area contributed by atoms with Gasteiger partial charge in [0.05, 0.1) is 20.6 Å². The van der Waals surface area contributed by atoms with Crippen molar-refractivity contribution in [3.05, 3.63) is 48.0 Å². The van der Waals surface area contributed by atoms with Crippen molar-refractivity contribution in [2.75, 3.05) is 37.5 Å². The second-order valence-corrected chi connectivity index (χ2v) is 6.14. The Labute approximate surface area is 148 Å². The average molecular weight is 340 g/mol. The number of nitrogens with one attached hydrogen (secondary N) is 1. The SMILES string of the molecule is COc1ccc(CC(=O)Nc2ccc(N3CCCC3)cc2)c(OC)c1. The molecular weight excluding hydrogens is 316 g/mol. The zero-order chi connectivity index (χ0) is 17.6. The fourth-order valence-corrected chi connectivity index (χ4v) is 3.11. The predicted octanol–water partition coefficient (Wildman–Crippen LogP) is 3.49. The van der Waals surface area contributed by atoms with E-state index in [0.29, 0.717) is 11.5 Å². The van der Waals surface area contributed by atoms with Gasteiger partial charge in [-0.05, 0) is 43.2 Å². The first kappa shape index (κ1) is 17.1. The predicted molar refractivity (Wildman–Crippen MR) is 99.8 cm³/mol. The summed E-state index contributed by atoms with van der Waals surface area (Å²) < 4.78 is 10.5. The third-order valence-corrected chi connectivity index (χ3v) is 4.47. The number of benzene rings is 2. The maximum atomic E-state index is 12.3. The van der Waals surface area contributed by atoms with Crippen LogP contribution in [0.4, 0.5) is 11.4 Å². The number of hydrogen-bond donors (Lipinski definition) is 1. The van der Waals surface area contributed by atoms with Crippen molar-refractivity contribution in [3.63, 3.8) is 0 Å². The van der Waals surface area contributed by atoms with Crippen LogP contribution in [0.3, 0.4) is 0 Å². The number of ether oxygens (including phenoxy) is 2. The molecule has 0 aliphatic carbocycles. The molecule has 0 unspecified atom stereocenters. The van der Waals surface area contributed by atoms with Gasteiger partial charge < -0.3 is 19.7 Å². The molecule has 0 radical (unpaired) electrons. The molecule has 2 aromatic carbocycles. The number of methoxy groups -OCH3 is 2. The zero-order valence-corrected chi connectivity index (χ0v) is 14.7. The van der Waals surface area contributed by atoms with Crippen molar-refractivity contribution in [3.8, 4) is 11.5 Å². The maximum absolute atomic E-state index is 12.3. The fraction of sp³-hybridized carbons (Fsp3) is 0.350. The van der Waals surface area contributed by atoms with Gasteiger partial charge in [-0.25, -0.2) is 0 Å². The highest BCUT2D eigenvalue weighted by Gasteiger charge is 2.13. The van der Waals surface area contributed by atoms with Crippen LogP contribution >= 0.6 is 0 Å². The minimum atomic E-state index is -0.0719. The van der Waals surface area contributed by atoms with Gasteiger partial charge in [-0.2, -0.15) is 0 Å². The van der Waals surface area contributed by atoms with Crippen LogP contribution < -0.4 is 19.7 Å². The Bertz CT molecular complexity index is 722. The molecule has 1 aliphatic rings. The molecule has 1 saturated heterocycles. The van der Waals surface area contributed by atoms with Gasteiger partial charge in [0.25, 0.3) is 0 Å². The smallest absolute Gasteiger partial charge is 0.228 e. The van der Waals surface area contributed by atoms with Crippen LogP contribution in [0, 0.1) is 0 Å². The Balaban J connectivity index is 1.62. The first-order valence-corrected chi connectivity index (χ1v) is 8.55. The monoisotopic (exact) mass is 340 g/mol. The number of nitrogens with zero attached hydrogens (tertiary/aromatic N) is 1. The van der Waals surface area contributed by atoms with Gasteiger partial charge in [-0.1, -0.05) is 6.07 Å². The van der Waals surface area contributed by atoms with Gasteiger partial charge in [0.1, 0.15) is 11.5 Å². The molecule has 0 spiro atoms. The summed E-state index contributed by atoms with van der Waals surface area (Å²) in [6.07, 6.45) is 2.76. The summed E-state index contributed by atoms with van der Waals surface area (Å²) >= 11 is 0. The minimum absolute atomic E-state index is 0.0719. The lowest BCUT2D eigenvalue weighted by atomic mass is 10.1.